The molecule has 0 spiro atoms. The van der Waals surface area contributed by atoms with E-state index in [1.165, 1.54) is 18.5 Å². The Balaban J connectivity index is 2.26. The minimum absolute atomic E-state index is 0.466. The Hall–Kier alpha value is -0.350. The summed E-state index contributed by atoms with van der Waals surface area (Å²) in [5.74, 6) is 0.804. The van der Waals surface area contributed by atoms with Gasteiger partial charge in [0.2, 0.25) is 0 Å². The molecule has 1 fully saturated rings. The first-order chi connectivity index (χ1) is 7.27. The topological polar surface area (TPSA) is 29.9 Å². The highest BCUT2D eigenvalue weighted by molar-refractivity contribution is 9.10. The van der Waals surface area contributed by atoms with E-state index in [-0.39, 0.29) is 0 Å². The first-order valence-electron chi connectivity index (χ1n) is 5.66. The summed E-state index contributed by atoms with van der Waals surface area (Å²) in [5, 5.41) is 7.83. The van der Waals surface area contributed by atoms with E-state index in [1.807, 2.05) is 13.2 Å². The lowest BCUT2D eigenvalue weighted by molar-refractivity contribution is 0.460. The van der Waals surface area contributed by atoms with Crippen LogP contribution in [-0.4, -0.2) is 16.8 Å². The Kier molecular flexibility index (Phi) is 3.46. The van der Waals surface area contributed by atoms with E-state index in [9.17, 15) is 0 Å². The first-order valence-corrected chi connectivity index (χ1v) is 6.45. The van der Waals surface area contributed by atoms with Gasteiger partial charge in [0.1, 0.15) is 0 Å². The summed E-state index contributed by atoms with van der Waals surface area (Å²) in [6.07, 6.45) is 5.73. The van der Waals surface area contributed by atoms with Crippen LogP contribution in [0.15, 0.2) is 10.7 Å². The highest BCUT2D eigenvalue weighted by atomic mass is 79.9. The summed E-state index contributed by atoms with van der Waals surface area (Å²) in [7, 11) is 2.04. The van der Waals surface area contributed by atoms with Gasteiger partial charge in [-0.1, -0.05) is 6.92 Å². The molecule has 0 aromatic carbocycles. The molecule has 1 saturated carbocycles. The van der Waals surface area contributed by atoms with Crippen molar-refractivity contribution in [3.63, 3.8) is 0 Å². The van der Waals surface area contributed by atoms with Crippen LogP contribution in [0.3, 0.4) is 0 Å². The average Bonchev–Trinajstić information content (AvgIpc) is 2.99. The van der Waals surface area contributed by atoms with Gasteiger partial charge in [0.25, 0.3) is 0 Å². The number of nitrogens with one attached hydrogen (secondary N) is 1. The van der Waals surface area contributed by atoms with Crippen LogP contribution in [0.25, 0.3) is 0 Å². The minimum atomic E-state index is 0.466. The largest absolute Gasteiger partial charge is 0.311 e. The van der Waals surface area contributed by atoms with E-state index >= 15 is 0 Å². The van der Waals surface area contributed by atoms with E-state index in [2.05, 4.69) is 38.0 Å². The molecule has 0 amide bonds. The van der Waals surface area contributed by atoms with Crippen molar-refractivity contribution in [3.8, 4) is 0 Å². The van der Waals surface area contributed by atoms with Crippen LogP contribution >= 0.6 is 15.9 Å². The second kappa shape index (κ2) is 4.66. The molecule has 1 aliphatic rings. The lowest BCUT2D eigenvalue weighted by Crippen LogP contribution is -2.22. The van der Waals surface area contributed by atoms with Gasteiger partial charge in [0.15, 0.2) is 0 Å². The van der Waals surface area contributed by atoms with Crippen LogP contribution in [0.4, 0.5) is 0 Å². The minimum Gasteiger partial charge on any atom is -0.311 e. The summed E-state index contributed by atoms with van der Waals surface area (Å²) in [4.78, 5) is 0. The maximum atomic E-state index is 4.41. The molecule has 2 rings (SSSR count). The Morgan fingerprint density at radius 3 is 2.93 bits per heavy atom. The van der Waals surface area contributed by atoms with Gasteiger partial charge in [0, 0.05) is 6.54 Å². The molecule has 15 heavy (non-hydrogen) atoms. The average molecular weight is 272 g/mol. The molecule has 1 heterocycles. The number of aryl methyl sites for hydroxylation is 1. The lowest BCUT2D eigenvalue weighted by Gasteiger charge is -2.18. The molecular weight excluding hydrogens is 254 g/mol. The van der Waals surface area contributed by atoms with Gasteiger partial charge in [0.05, 0.1) is 22.4 Å². The van der Waals surface area contributed by atoms with Crippen molar-refractivity contribution in [2.45, 2.75) is 38.8 Å². The Morgan fingerprint density at radius 1 is 1.67 bits per heavy atom. The molecule has 1 aliphatic carbocycles. The van der Waals surface area contributed by atoms with Gasteiger partial charge >= 0.3 is 0 Å². The molecule has 3 nitrogen and oxygen atoms in total. The van der Waals surface area contributed by atoms with Crippen molar-refractivity contribution in [1.82, 2.24) is 15.1 Å². The normalized spacial score (nSPS) is 18.1. The zero-order chi connectivity index (χ0) is 10.8. The van der Waals surface area contributed by atoms with Gasteiger partial charge < -0.3 is 5.32 Å². The Morgan fingerprint density at radius 2 is 2.40 bits per heavy atom. The van der Waals surface area contributed by atoms with Gasteiger partial charge in [-0.25, -0.2) is 0 Å². The summed E-state index contributed by atoms with van der Waals surface area (Å²) >= 11 is 3.60. The smallest absolute Gasteiger partial charge is 0.0698 e. The van der Waals surface area contributed by atoms with E-state index in [0.29, 0.717) is 6.04 Å². The lowest BCUT2D eigenvalue weighted by atomic mass is 10.1. The van der Waals surface area contributed by atoms with Crippen molar-refractivity contribution in [2.24, 2.45) is 5.92 Å². The molecule has 1 aromatic heterocycles. The van der Waals surface area contributed by atoms with Crippen LogP contribution < -0.4 is 5.32 Å². The molecule has 0 bridgehead atoms. The monoisotopic (exact) mass is 271 g/mol. The van der Waals surface area contributed by atoms with Crippen LogP contribution in [0.1, 0.15) is 37.9 Å². The highest BCUT2D eigenvalue weighted by Gasteiger charge is 2.34. The number of rotatable bonds is 5. The molecule has 1 unspecified atom stereocenters. The fourth-order valence-corrected chi connectivity index (χ4v) is 2.64. The van der Waals surface area contributed by atoms with Crippen molar-refractivity contribution in [2.75, 3.05) is 7.05 Å². The Bertz CT molecular complexity index is 331. The maximum Gasteiger partial charge on any atom is 0.0698 e. The zero-order valence-electron chi connectivity index (χ0n) is 9.33. The number of halogens is 1. The van der Waals surface area contributed by atoms with Gasteiger partial charge in [-0.2, -0.15) is 5.10 Å². The van der Waals surface area contributed by atoms with Crippen molar-refractivity contribution < 1.29 is 0 Å². The molecule has 0 saturated heterocycles. The van der Waals surface area contributed by atoms with E-state index in [0.717, 1.165) is 23.4 Å². The Labute approximate surface area is 99.4 Å². The molecular formula is C11H18BrN3. The van der Waals surface area contributed by atoms with E-state index in [4.69, 9.17) is 0 Å². The predicted molar refractivity (Wildman–Crippen MR) is 64.7 cm³/mol. The molecule has 84 valence electrons. The molecule has 1 N–H and O–H groups in total. The third-order valence-electron chi connectivity index (χ3n) is 2.97. The van der Waals surface area contributed by atoms with Crippen molar-refractivity contribution >= 4 is 15.9 Å². The quantitative estimate of drug-likeness (QED) is 0.893. The van der Waals surface area contributed by atoms with Gasteiger partial charge in [-0.15, -0.1) is 0 Å². The van der Waals surface area contributed by atoms with E-state index in [1.54, 1.807) is 0 Å². The third-order valence-corrected chi connectivity index (χ3v) is 3.58. The number of aromatic nitrogens is 2. The standard InChI is InChI=1S/C11H18BrN3/c1-3-6-15-11(9(12)7-14-15)10(13-2)8-4-5-8/h7-8,10,13H,3-6H2,1-2H3. The third kappa shape index (κ3) is 2.26. The summed E-state index contributed by atoms with van der Waals surface area (Å²) < 4.78 is 3.27. The van der Waals surface area contributed by atoms with Crippen LogP contribution in [-0.2, 0) is 6.54 Å². The number of nitrogens with zero attached hydrogens (tertiary/aromatic N) is 2. The van der Waals surface area contributed by atoms with Crippen LogP contribution in [0.2, 0.25) is 0 Å². The summed E-state index contributed by atoms with van der Waals surface area (Å²) in [5.41, 5.74) is 1.32. The molecule has 4 heteroatoms. The molecule has 1 aromatic rings. The molecule has 1 atom stereocenters. The summed E-state index contributed by atoms with van der Waals surface area (Å²) in [6.45, 7) is 3.19. The van der Waals surface area contributed by atoms with Gasteiger partial charge in [-0.05, 0) is 48.2 Å². The number of hydrogen-bond acceptors (Lipinski definition) is 2. The first kappa shape index (κ1) is 11.1. The fourth-order valence-electron chi connectivity index (χ4n) is 2.10. The molecule has 0 aliphatic heterocycles. The predicted octanol–water partition coefficient (Wildman–Crippen LogP) is 2.73. The van der Waals surface area contributed by atoms with Crippen LogP contribution in [0, 0.1) is 5.92 Å². The second-order valence-electron chi connectivity index (χ2n) is 4.20. The molecule has 0 radical (unpaired) electrons. The number of hydrogen-bond donors (Lipinski definition) is 1. The van der Waals surface area contributed by atoms with Crippen molar-refractivity contribution in [1.29, 1.82) is 0 Å². The van der Waals surface area contributed by atoms with Gasteiger partial charge in [-0.3, -0.25) is 4.68 Å². The van der Waals surface area contributed by atoms with Crippen LogP contribution in [0.5, 0.6) is 0 Å². The summed E-state index contributed by atoms with van der Waals surface area (Å²) in [6, 6.07) is 0.466. The van der Waals surface area contributed by atoms with E-state index < -0.39 is 0 Å². The maximum absolute atomic E-state index is 4.41. The fraction of sp³-hybridized carbons (Fsp3) is 0.727. The SMILES string of the molecule is CCCn1ncc(Br)c1C(NC)C1CC1. The highest BCUT2D eigenvalue weighted by Crippen LogP contribution is 2.42. The zero-order valence-corrected chi connectivity index (χ0v) is 10.9. The van der Waals surface area contributed by atoms with Crippen molar-refractivity contribution in [3.05, 3.63) is 16.4 Å². The second-order valence-corrected chi connectivity index (χ2v) is 5.06.